The van der Waals surface area contributed by atoms with Crippen LogP contribution in [0.4, 0.5) is 0 Å². The number of hydrogen-bond acceptors (Lipinski definition) is 4. The number of nitrogens with zero attached hydrogens (tertiary/aromatic N) is 4. The van der Waals surface area contributed by atoms with Crippen molar-refractivity contribution in [2.75, 3.05) is 26.2 Å². The normalized spacial score (nSPS) is 13.8. The second-order valence-electron chi connectivity index (χ2n) is 7.49. The maximum Gasteiger partial charge on any atom is 0.191 e. The highest BCUT2D eigenvalue weighted by molar-refractivity contribution is 14.0. The van der Waals surface area contributed by atoms with Gasteiger partial charge in [0.2, 0.25) is 0 Å². The van der Waals surface area contributed by atoms with Crippen molar-refractivity contribution < 1.29 is 4.42 Å². The molecule has 0 fully saturated rings. The van der Waals surface area contributed by atoms with E-state index in [-0.39, 0.29) is 36.1 Å². The Bertz CT molecular complexity index is 767. The largest absolute Gasteiger partial charge is 0.468 e. The molecule has 2 rings (SSSR count). The zero-order chi connectivity index (χ0) is 21.4. The molecule has 8 heteroatoms. The Kier molecular flexibility index (Phi) is 11.5. The van der Waals surface area contributed by atoms with Crippen LogP contribution < -0.4 is 10.6 Å². The maximum atomic E-state index is 5.70. The van der Waals surface area contributed by atoms with Crippen molar-refractivity contribution in [1.29, 1.82) is 0 Å². The van der Waals surface area contributed by atoms with Crippen molar-refractivity contribution >= 4 is 29.9 Å². The second-order valence-corrected chi connectivity index (χ2v) is 7.49. The molecule has 0 amide bonds. The van der Waals surface area contributed by atoms with Gasteiger partial charge in [-0.15, -0.1) is 24.0 Å². The summed E-state index contributed by atoms with van der Waals surface area (Å²) in [7, 11) is 2.00. The van der Waals surface area contributed by atoms with Crippen molar-refractivity contribution in [3.05, 3.63) is 41.1 Å². The van der Waals surface area contributed by atoms with E-state index in [2.05, 4.69) is 62.2 Å². The minimum Gasteiger partial charge on any atom is -0.468 e. The van der Waals surface area contributed by atoms with Gasteiger partial charge in [-0.05, 0) is 64.9 Å². The molecular weight excluding hydrogens is 491 g/mol. The van der Waals surface area contributed by atoms with Crippen LogP contribution in [0.15, 0.2) is 27.8 Å². The third-order valence-corrected chi connectivity index (χ3v) is 5.44. The summed E-state index contributed by atoms with van der Waals surface area (Å²) in [6.07, 6.45) is 2.65. The third-order valence-electron chi connectivity index (χ3n) is 5.44. The van der Waals surface area contributed by atoms with E-state index in [0.29, 0.717) is 6.54 Å². The van der Waals surface area contributed by atoms with E-state index >= 15 is 0 Å². The molecule has 2 atom stereocenters. The van der Waals surface area contributed by atoms with Crippen molar-refractivity contribution in [3.63, 3.8) is 0 Å². The molecule has 0 saturated heterocycles. The number of hydrogen-bond donors (Lipinski definition) is 2. The maximum absolute atomic E-state index is 5.70. The number of aromatic nitrogens is 2. The predicted octanol–water partition coefficient (Wildman–Crippen LogP) is 3.82. The number of nitrogens with one attached hydrogen (secondary N) is 2. The number of likely N-dealkylation sites (N-methyl/N-ethyl adjacent to an activating group) is 1. The van der Waals surface area contributed by atoms with E-state index in [0.717, 1.165) is 43.5 Å². The Hall–Kier alpha value is -1.55. The van der Waals surface area contributed by atoms with Gasteiger partial charge in [-0.1, -0.05) is 13.8 Å². The highest BCUT2D eigenvalue weighted by atomic mass is 127. The first kappa shape index (κ1) is 26.5. The Morgan fingerprint density at radius 2 is 1.97 bits per heavy atom. The van der Waals surface area contributed by atoms with E-state index in [9.17, 15) is 0 Å². The van der Waals surface area contributed by atoms with Crippen molar-refractivity contribution in [3.8, 4) is 0 Å². The molecular formula is C22H39IN6O. The molecule has 170 valence electrons. The summed E-state index contributed by atoms with van der Waals surface area (Å²) in [5.74, 6) is 1.80. The second kappa shape index (κ2) is 13.0. The Morgan fingerprint density at radius 1 is 1.27 bits per heavy atom. The number of aliphatic imine (C=N–C) groups is 1. The first-order valence-electron chi connectivity index (χ1n) is 10.7. The van der Waals surface area contributed by atoms with Gasteiger partial charge in [0.1, 0.15) is 5.76 Å². The van der Waals surface area contributed by atoms with Crippen LogP contribution in [-0.4, -0.2) is 52.9 Å². The molecule has 30 heavy (non-hydrogen) atoms. The first-order chi connectivity index (χ1) is 13.9. The first-order valence-corrected chi connectivity index (χ1v) is 10.7. The number of furan rings is 1. The predicted molar refractivity (Wildman–Crippen MR) is 135 cm³/mol. The van der Waals surface area contributed by atoms with Crippen molar-refractivity contribution in [2.24, 2.45) is 12.0 Å². The molecule has 7 nitrogen and oxygen atoms in total. The average Bonchev–Trinajstić information content (AvgIpc) is 3.30. The molecule has 2 unspecified atom stereocenters. The molecule has 2 heterocycles. The quantitative estimate of drug-likeness (QED) is 0.278. The summed E-state index contributed by atoms with van der Waals surface area (Å²) in [4.78, 5) is 7.26. The minimum absolute atomic E-state index is 0. The highest BCUT2D eigenvalue weighted by Gasteiger charge is 2.21. The molecule has 0 aromatic carbocycles. The van der Waals surface area contributed by atoms with E-state index in [1.54, 1.807) is 6.26 Å². The number of aryl methyl sites for hydroxylation is 2. The smallest absolute Gasteiger partial charge is 0.191 e. The molecule has 2 N–H and O–H groups in total. The lowest BCUT2D eigenvalue weighted by atomic mass is 10.1. The van der Waals surface area contributed by atoms with Crippen LogP contribution in [0.3, 0.4) is 0 Å². The van der Waals surface area contributed by atoms with Crippen LogP contribution in [-0.2, 0) is 13.5 Å². The van der Waals surface area contributed by atoms with Gasteiger partial charge in [0.25, 0.3) is 0 Å². The number of halogens is 1. The fourth-order valence-corrected chi connectivity index (χ4v) is 3.73. The lowest BCUT2D eigenvalue weighted by Crippen LogP contribution is -2.43. The van der Waals surface area contributed by atoms with Gasteiger partial charge in [0, 0.05) is 25.3 Å². The van der Waals surface area contributed by atoms with Gasteiger partial charge in [-0.2, -0.15) is 5.10 Å². The Balaban J connectivity index is 0.00000450. The molecule has 0 radical (unpaired) electrons. The lowest BCUT2D eigenvalue weighted by molar-refractivity contribution is 0.198. The topological polar surface area (TPSA) is 70.6 Å². The average molecular weight is 530 g/mol. The number of rotatable bonds is 10. The van der Waals surface area contributed by atoms with Crippen molar-refractivity contribution in [2.45, 2.75) is 60.0 Å². The van der Waals surface area contributed by atoms with Gasteiger partial charge < -0.3 is 15.1 Å². The number of guanidine groups is 1. The molecule has 0 aliphatic rings. The van der Waals surface area contributed by atoms with E-state index in [1.807, 2.05) is 23.9 Å². The Morgan fingerprint density at radius 3 is 2.47 bits per heavy atom. The molecule has 2 aromatic rings. The summed E-state index contributed by atoms with van der Waals surface area (Å²) in [5.41, 5.74) is 3.62. The lowest BCUT2D eigenvalue weighted by Gasteiger charge is -2.27. The monoisotopic (exact) mass is 530 g/mol. The summed E-state index contributed by atoms with van der Waals surface area (Å²) in [6, 6.07) is 4.35. The SMILES string of the molecule is CCNC(=NCC(c1ccco1)N(CC)CC)NC(C)Cc1c(C)nn(C)c1C.I. The molecule has 0 aliphatic heterocycles. The fraction of sp³-hybridized carbons (Fsp3) is 0.636. The van der Waals surface area contributed by atoms with Crippen LogP contribution in [0, 0.1) is 13.8 Å². The summed E-state index contributed by atoms with van der Waals surface area (Å²) in [5, 5.41) is 11.5. The zero-order valence-corrected chi connectivity index (χ0v) is 21.9. The van der Waals surface area contributed by atoms with Crippen LogP contribution >= 0.6 is 24.0 Å². The van der Waals surface area contributed by atoms with Crippen LogP contribution in [0.5, 0.6) is 0 Å². The van der Waals surface area contributed by atoms with Gasteiger partial charge in [-0.3, -0.25) is 14.6 Å². The summed E-state index contributed by atoms with van der Waals surface area (Å²) in [6.45, 7) is 16.2. The zero-order valence-electron chi connectivity index (χ0n) is 19.5. The third kappa shape index (κ3) is 7.01. The van der Waals surface area contributed by atoms with Crippen LogP contribution in [0.2, 0.25) is 0 Å². The van der Waals surface area contributed by atoms with Crippen LogP contribution in [0.1, 0.15) is 56.4 Å². The van der Waals surface area contributed by atoms with Crippen molar-refractivity contribution in [1.82, 2.24) is 25.3 Å². The Labute approximate surface area is 198 Å². The van der Waals surface area contributed by atoms with E-state index in [4.69, 9.17) is 9.41 Å². The van der Waals surface area contributed by atoms with Gasteiger partial charge in [0.05, 0.1) is 24.5 Å². The molecule has 0 aliphatic carbocycles. The van der Waals surface area contributed by atoms with Gasteiger partial charge >= 0.3 is 0 Å². The van der Waals surface area contributed by atoms with E-state index in [1.165, 1.54) is 11.3 Å². The molecule has 0 spiro atoms. The highest BCUT2D eigenvalue weighted by Crippen LogP contribution is 2.21. The standard InChI is InChI=1S/C22H38N6O.HI/c1-8-23-22(25-16(4)14-19-17(5)26-27(7)18(19)6)24-15-20(28(9-2)10-3)21-12-11-13-29-21;/h11-13,16,20H,8-10,14-15H2,1-7H3,(H2,23,24,25);1H. The van der Waals surface area contributed by atoms with Gasteiger partial charge in [-0.25, -0.2) is 0 Å². The summed E-state index contributed by atoms with van der Waals surface area (Å²) >= 11 is 0. The molecule has 0 bridgehead atoms. The minimum atomic E-state index is 0. The van der Waals surface area contributed by atoms with E-state index < -0.39 is 0 Å². The van der Waals surface area contributed by atoms with Gasteiger partial charge in [0.15, 0.2) is 5.96 Å². The summed E-state index contributed by atoms with van der Waals surface area (Å²) < 4.78 is 7.65. The molecule has 0 saturated carbocycles. The van der Waals surface area contributed by atoms with Crippen LogP contribution in [0.25, 0.3) is 0 Å². The molecule has 2 aromatic heterocycles. The fourth-order valence-electron chi connectivity index (χ4n) is 3.73.